The number of hydrogen-bond acceptors (Lipinski definition) is 9. The van der Waals surface area contributed by atoms with Crippen LogP contribution in [-0.2, 0) is 20.8 Å². The van der Waals surface area contributed by atoms with Crippen molar-refractivity contribution < 1.29 is 28.6 Å². The zero-order valence-electron chi connectivity index (χ0n) is 34.5. The van der Waals surface area contributed by atoms with Gasteiger partial charge in [-0.2, -0.15) is 4.90 Å². The van der Waals surface area contributed by atoms with Gasteiger partial charge in [0.15, 0.2) is 0 Å². The number of halogens is 2. The number of imide groups is 1. The predicted molar refractivity (Wildman–Crippen MR) is 223 cm³/mol. The van der Waals surface area contributed by atoms with Crippen molar-refractivity contribution in [1.82, 2.24) is 15.1 Å². The van der Waals surface area contributed by atoms with Crippen LogP contribution in [0, 0.1) is 5.92 Å². The number of nitrogens with one attached hydrogen (secondary N) is 1. The molecule has 11 nitrogen and oxygen atoms in total. The van der Waals surface area contributed by atoms with Crippen LogP contribution >= 0.6 is 27.5 Å². The van der Waals surface area contributed by atoms with Gasteiger partial charge in [0.05, 0.1) is 18.3 Å². The van der Waals surface area contributed by atoms with Gasteiger partial charge in [-0.3, -0.25) is 0 Å². The van der Waals surface area contributed by atoms with E-state index in [1.54, 1.807) is 47.7 Å². The fourth-order valence-corrected chi connectivity index (χ4v) is 6.53. The van der Waals surface area contributed by atoms with E-state index in [2.05, 4.69) is 46.2 Å². The number of carbonyl (C=O) groups excluding carboxylic acids is 3. The molecule has 1 saturated heterocycles. The molecule has 3 amide bonds. The second kappa shape index (κ2) is 19.9. The summed E-state index contributed by atoms with van der Waals surface area (Å²) in [5, 5.41) is 3.54. The number of benzene rings is 1. The normalized spacial score (nSPS) is 16.0. The lowest BCUT2D eigenvalue weighted by molar-refractivity contribution is 0.00850. The van der Waals surface area contributed by atoms with Gasteiger partial charge < -0.3 is 29.3 Å². The molecule has 13 heteroatoms. The highest BCUT2D eigenvalue weighted by Crippen LogP contribution is 2.38. The molecule has 0 aliphatic carbocycles. The summed E-state index contributed by atoms with van der Waals surface area (Å²) in [5.74, 6) is 0.244. The molecule has 0 bridgehead atoms. The van der Waals surface area contributed by atoms with E-state index in [4.69, 9.17) is 30.8 Å². The van der Waals surface area contributed by atoms with Gasteiger partial charge in [0.25, 0.3) is 0 Å². The highest BCUT2D eigenvalue weighted by atomic mass is 79.9. The number of allylic oxidation sites excluding steroid dienone is 1. The maximum Gasteiger partial charge on any atom is 0.424 e. The fraction of sp³-hybridized carbons (Fsp3) is 0.610. The number of alkyl carbamates (subject to hydrolysis) is 1. The lowest BCUT2D eigenvalue weighted by Gasteiger charge is -2.33. The van der Waals surface area contributed by atoms with E-state index in [1.807, 2.05) is 57.9 Å². The van der Waals surface area contributed by atoms with Crippen molar-refractivity contribution in [3.63, 3.8) is 0 Å². The molecular formula is C41H63BrClN5O6. The minimum absolute atomic E-state index is 0.0911. The molecule has 2 rings (SSSR count). The standard InChI is InChI=1S/C41H63BrClN5O6/c1-15-18-19-21-44-35(34(27(4)16-2)28(5)48(37(50)53-40(9,10)11)38(51)54-41(12,13)14)46(17-3)26-31-32(42)23-29(43)24-33(31)47-22-20-30(25-47)45-36(49)52-39(6,7)8/h17,21,23-24,27,30H,3,5,15-16,18-20,22,25-26H2,1-2,4,6-14H3,(H,45,49)/b35-34+,44-21?/t27?,30-/m1/s1. The Morgan fingerprint density at radius 1 is 1.04 bits per heavy atom. The van der Waals surface area contributed by atoms with Crippen molar-refractivity contribution in [2.24, 2.45) is 10.9 Å². The number of anilines is 1. The maximum atomic E-state index is 13.8. The van der Waals surface area contributed by atoms with Gasteiger partial charge >= 0.3 is 18.3 Å². The first kappa shape index (κ1) is 46.6. The van der Waals surface area contributed by atoms with E-state index in [1.165, 1.54) is 0 Å². The molecule has 1 aliphatic heterocycles. The van der Waals surface area contributed by atoms with Crippen LogP contribution in [-0.4, -0.2) is 70.2 Å². The first-order valence-electron chi connectivity index (χ1n) is 18.7. The summed E-state index contributed by atoms with van der Waals surface area (Å²) in [6.45, 7) is 32.0. The molecule has 0 radical (unpaired) electrons. The van der Waals surface area contributed by atoms with Crippen molar-refractivity contribution in [1.29, 1.82) is 0 Å². The number of amides is 3. The Labute approximate surface area is 337 Å². The zero-order valence-corrected chi connectivity index (χ0v) is 36.9. The number of hydrogen-bond donors (Lipinski definition) is 1. The summed E-state index contributed by atoms with van der Waals surface area (Å²) in [6.07, 6.45) is 5.21. The van der Waals surface area contributed by atoms with E-state index in [9.17, 15) is 14.4 Å². The van der Waals surface area contributed by atoms with Crippen LogP contribution in [0.5, 0.6) is 0 Å². The first-order chi connectivity index (χ1) is 24.9. The molecule has 1 fully saturated rings. The molecule has 1 N–H and O–H groups in total. The van der Waals surface area contributed by atoms with Crippen LogP contribution in [0.2, 0.25) is 5.02 Å². The maximum absolute atomic E-state index is 13.8. The van der Waals surface area contributed by atoms with Gasteiger partial charge in [-0.05, 0) is 112 Å². The van der Waals surface area contributed by atoms with E-state index in [0.29, 0.717) is 48.8 Å². The van der Waals surface area contributed by atoms with E-state index < -0.39 is 35.1 Å². The third-order valence-corrected chi connectivity index (χ3v) is 9.11. The number of nitrogens with zero attached hydrogens (tertiary/aromatic N) is 4. The topological polar surface area (TPSA) is 113 Å². The molecular weight excluding hydrogens is 774 g/mol. The first-order valence-corrected chi connectivity index (χ1v) is 19.9. The lowest BCUT2D eigenvalue weighted by Crippen LogP contribution is -2.44. The van der Waals surface area contributed by atoms with Crippen LogP contribution in [0.4, 0.5) is 20.1 Å². The average Bonchev–Trinajstić information content (AvgIpc) is 3.47. The largest absolute Gasteiger partial charge is 0.444 e. The minimum Gasteiger partial charge on any atom is -0.444 e. The van der Waals surface area contributed by atoms with Crippen molar-refractivity contribution in [3.8, 4) is 0 Å². The minimum atomic E-state index is -0.909. The van der Waals surface area contributed by atoms with E-state index in [0.717, 1.165) is 33.5 Å². The van der Waals surface area contributed by atoms with Crippen LogP contribution in [0.15, 0.2) is 58.0 Å². The van der Waals surface area contributed by atoms with Crippen LogP contribution in [0.1, 0.15) is 121 Å². The SMILES string of the molecule is C=CN(Cc1c(Br)cc(Cl)cc1N1CC[C@@H](NC(=O)OC(C)(C)C)C1)/C(N=CCCCC)=C(/C(=C)N(C(=O)OC(C)(C)C)C(=O)OC(C)(C)C)C(C)CC. The van der Waals surface area contributed by atoms with Crippen molar-refractivity contribution >= 4 is 57.7 Å². The van der Waals surface area contributed by atoms with Gasteiger partial charge in [0, 0.05) is 45.6 Å². The van der Waals surface area contributed by atoms with Gasteiger partial charge in [-0.1, -0.05) is 67.9 Å². The van der Waals surface area contributed by atoms with Crippen molar-refractivity contribution in [2.45, 2.75) is 145 Å². The van der Waals surface area contributed by atoms with Gasteiger partial charge in [-0.15, -0.1) is 0 Å². The Morgan fingerprint density at radius 3 is 2.11 bits per heavy atom. The number of carbonyl (C=O) groups is 3. The zero-order chi connectivity index (χ0) is 41.2. The van der Waals surface area contributed by atoms with Crippen molar-refractivity contribution in [2.75, 3.05) is 18.0 Å². The van der Waals surface area contributed by atoms with Crippen molar-refractivity contribution in [3.05, 3.63) is 63.6 Å². The molecule has 1 aromatic rings. The molecule has 1 heterocycles. The average molecular weight is 837 g/mol. The summed E-state index contributed by atoms with van der Waals surface area (Å²) in [4.78, 5) is 50.2. The van der Waals surface area contributed by atoms with Crippen LogP contribution in [0.25, 0.3) is 0 Å². The number of ether oxygens (including phenoxy) is 3. The molecule has 2 atom stereocenters. The third kappa shape index (κ3) is 14.6. The van der Waals surface area contributed by atoms with E-state index >= 15 is 0 Å². The van der Waals surface area contributed by atoms with Gasteiger partial charge in [0.2, 0.25) is 0 Å². The van der Waals surface area contributed by atoms with Crippen LogP contribution in [0.3, 0.4) is 0 Å². The van der Waals surface area contributed by atoms with Gasteiger partial charge in [0.1, 0.15) is 22.6 Å². The summed E-state index contributed by atoms with van der Waals surface area (Å²) in [5.41, 5.74) is -0.00599. The monoisotopic (exact) mass is 835 g/mol. The summed E-state index contributed by atoms with van der Waals surface area (Å²) < 4.78 is 17.7. The van der Waals surface area contributed by atoms with Gasteiger partial charge in [-0.25, -0.2) is 19.4 Å². The third-order valence-electron chi connectivity index (χ3n) is 8.19. The van der Waals surface area contributed by atoms with E-state index in [-0.39, 0.29) is 24.2 Å². The molecule has 54 heavy (non-hydrogen) atoms. The highest BCUT2D eigenvalue weighted by Gasteiger charge is 2.37. The molecule has 0 aromatic heterocycles. The second-order valence-corrected chi connectivity index (χ2v) is 17.8. The lowest BCUT2D eigenvalue weighted by atomic mass is 9.94. The Kier molecular flexibility index (Phi) is 17.2. The molecule has 0 saturated carbocycles. The summed E-state index contributed by atoms with van der Waals surface area (Å²) in [6, 6.07) is 3.61. The molecule has 302 valence electrons. The highest BCUT2D eigenvalue weighted by molar-refractivity contribution is 9.10. The number of unbranched alkanes of at least 4 members (excludes halogenated alkanes) is 2. The second-order valence-electron chi connectivity index (χ2n) is 16.5. The quantitative estimate of drug-likeness (QED) is 0.0853. The number of rotatable bonds is 14. The Hall–Kier alpha value is -3.51. The molecule has 1 unspecified atom stereocenters. The number of aliphatic imine (C=N–C) groups is 1. The summed E-state index contributed by atoms with van der Waals surface area (Å²) in [7, 11) is 0. The molecule has 1 aliphatic rings. The fourth-order valence-electron chi connectivity index (χ4n) is 5.61. The Morgan fingerprint density at radius 2 is 1.61 bits per heavy atom. The predicted octanol–water partition coefficient (Wildman–Crippen LogP) is 11.4. The Bertz CT molecular complexity index is 1540. The molecule has 0 spiro atoms. The summed E-state index contributed by atoms with van der Waals surface area (Å²) >= 11 is 10.4. The Balaban J connectivity index is 2.77. The molecule has 1 aromatic carbocycles. The smallest absolute Gasteiger partial charge is 0.424 e. The van der Waals surface area contributed by atoms with Crippen LogP contribution < -0.4 is 10.2 Å².